The van der Waals surface area contributed by atoms with Gasteiger partial charge in [0.25, 0.3) is 0 Å². The van der Waals surface area contributed by atoms with Gasteiger partial charge >= 0.3 is 0 Å². The molecule has 0 N–H and O–H groups in total. The second-order valence-electron chi connectivity index (χ2n) is 4.55. The van der Waals surface area contributed by atoms with E-state index < -0.39 is 28.0 Å². The summed E-state index contributed by atoms with van der Waals surface area (Å²) >= 11 is 21.0. The van der Waals surface area contributed by atoms with Crippen LogP contribution in [0, 0.1) is 5.41 Å². The van der Waals surface area contributed by atoms with Gasteiger partial charge in [0.1, 0.15) is 10.1 Å². The van der Waals surface area contributed by atoms with Crippen LogP contribution in [0.1, 0.15) is 13.8 Å². The summed E-state index contributed by atoms with van der Waals surface area (Å²) in [6.45, 7) is 3.34. The summed E-state index contributed by atoms with van der Waals surface area (Å²) < 4.78 is 5.27. The minimum absolute atomic E-state index is 0.311. The van der Waals surface area contributed by atoms with Gasteiger partial charge in [-0.1, -0.05) is 53.0 Å². The van der Waals surface area contributed by atoms with E-state index in [2.05, 4.69) is 15.9 Å². The molecule has 18 heavy (non-hydrogen) atoms. The molecule has 0 heterocycles. The zero-order valence-corrected chi connectivity index (χ0v) is 13.9. The number of hydrogen-bond acceptors (Lipinski definition) is 3. The molecule has 3 nitrogen and oxygen atoms in total. The van der Waals surface area contributed by atoms with Crippen LogP contribution in [0.25, 0.3) is 0 Å². The molecule has 1 rings (SSSR count). The Labute approximate surface area is 129 Å². The van der Waals surface area contributed by atoms with Crippen molar-refractivity contribution in [3.05, 3.63) is 10.1 Å². The first-order valence-electron chi connectivity index (χ1n) is 5.08. The number of allylic oxidation sites excluding steroid dienone is 2. The van der Waals surface area contributed by atoms with E-state index in [9.17, 15) is 9.59 Å². The maximum atomic E-state index is 12.1. The van der Waals surface area contributed by atoms with Crippen molar-refractivity contribution in [3.8, 4) is 0 Å². The fourth-order valence-electron chi connectivity index (χ4n) is 1.96. The Morgan fingerprint density at radius 2 is 1.67 bits per heavy atom. The number of Topliss-reactive ketones (excluding diaryl/α,β-unsaturated/α-hetero) is 2. The monoisotopic (exact) mass is 376 g/mol. The number of ether oxygens (including phenoxy) is 1. The highest BCUT2D eigenvalue weighted by atomic mass is 79.9. The molecule has 0 radical (unpaired) electrons. The van der Waals surface area contributed by atoms with E-state index in [0.717, 1.165) is 0 Å². The summed E-state index contributed by atoms with van der Waals surface area (Å²) in [6, 6.07) is 0. The van der Waals surface area contributed by atoms with Crippen LogP contribution in [0.2, 0.25) is 0 Å². The van der Waals surface area contributed by atoms with Gasteiger partial charge in [0.05, 0.1) is 6.10 Å². The van der Waals surface area contributed by atoms with Crippen LogP contribution in [-0.4, -0.2) is 35.0 Å². The molecule has 0 aromatic rings. The molecule has 1 aliphatic rings. The Hall–Kier alpha value is 0.390. The number of alkyl halides is 2. The fraction of sp³-hybridized carbons (Fsp3) is 0.636. The second kappa shape index (κ2) is 5.41. The van der Waals surface area contributed by atoms with Gasteiger partial charge in [-0.05, 0) is 0 Å². The predicted octanol–water partition coefficient (Wildman–Crippen LogP) is 3.24. The average Bonchev–Trinajstić information content (AvgIpc) is 2.47. The largest absolute Gasteiger partial charge is 0.380 e. The van der Waals surface area contributed by atoms with Gasteiger partial charge in [0.15, 0.2) is 4.87 Å². The van der Waals surface area contributed by atoms with Crippen LogP contribution < -0.4 is 0 Å². The van der Waals surface area contributed by atoms with Crippen LogP contribution in [0.5, 0.6) is 0 Å². The summed E-state index contributed by atoms with van der Waals surface area (Å²) in [4.78, 5) is 22.4. The highest BCUT2D eigenvalue weighted by Crippen LogP contribution is 2.50. The minimum atomic E-state index is -1.82. The number of ketones is 2. The number of methoxy groups -OCH3 is 1. The minimum Gasteiger partial charge on any atom is -0.380 e. The highest BCUT2D eigenvalue weighted by molar-refractivity contribution is 9.09. The fourth-order valence-corrected chi connectivity index (χ4v) is 3.90. The topological polar surface area (TPSA) is 43.4 Å². The molecule has 0 amide bonds. The van der Waals surface area contributed by atoms with Crippen LogP contribution in [0.15, 0.2) is 10.1 Å². The van der Waals surface area contributed by atoms with Crippen LogP contribution in [-0.2, 0) is 14.3 Å². The molecule has 1 atom stereocenters. The maximum absolute atomic E-state index is 12.1. The third-order valence-electron chi connectivity index (χ3n) is 3.33. The smallest absolute Gasteiger partial charge is 0.205 e. The molecule has 1 aliphatic carbocycles. The van der Waals surface area contributed by atoms with Crippen molar-refractivity contribution >= 4 is 62.3 Å². The van der Waals surface area contributed by atoms with Crippen LogP contribution in [0.4, 0.5) is 0 Å². The van der Waals surface area contributed by atoms with E-state index in [1.165, 1.54) is 7.11 Å². The lowest BCUT2D eigenvalue weighted by molar-refractivity contribution is -0.132. The molecular formula is C11H12BrCl3O3. The van der Waals surface area contributed by atoms with Crippen molar-refractivity contribution in [2.45, 2.75) is 24.8 Å². The van der Waals surface area contributed by atoms with Crippen molar-refractivity contribution in [3.63, 3.8) is 0 Å². The molecule has 0 aliphatic heterocycles. The zero-order valence-electron chi connectivity index (χ0n) is 10.0. The molecule has 1 unspecified atom stereocenters. The Kier molecular flexibility index (Phi) is 4.94. The molecule has 0 spiro atoms. The van der Waals surface area contributed by atoms with Crippen molar-refractivity contribution < 1.29 is 14.3 Å². The van der Waals surface area contributed by atoms with Crippen molar-refractivity contribution in [1.82, 2.24) is 0 Å². The first-order valence-corrected chi connectivity index (χ1v) is 7.34. The summed E-state index contributed by atoms with van der Waals surface area (Å²) in [7, 11) is 1.48. The summed E-state index contributed by atoms with van der Waals surface area (Å²) in [5.41, 5.74) is -0.974. The van der Waals surface area contributed by atoms with Gasteiger partial charge in [0, 0.05) is 17.9 Å². The van der Waals surface area contributed by atoms with Gasteiger partial charge in [-0.3, -0.25) is 9.59 Å². The summed E-state index contributed by atoms with van der Waals surface area (Å²) in [6.07, 6.45) is -0.449. The van der Waals surface area contributed by atoms with Gasteiger partial charge in [-0.2, -0.15) is 0 Å². The normalized spacial score (nSPS) is 21.7. The van der Waals surface area contributed by atoms with Crippen LogP contribution in [0.3, 0.4) is 0 Å². The van der Waals surface area contributed by atoms with E-state index in [1.807, 2.05) is 0 Å². The molecule has 0 aromatic heterocycles. The Morgan fingerprint density at radius 1 is 1.28 bits per heavy atom. The maximum Gasteiger partial charge on any atom is 0.205 e. The van der Waals surface area contributed by atoms with E-state index in [-0.39, 0.29) is 10.1 Å². The third kappa shape index (κ3) is 2.06. The molecule has 0 saturated heterocycles. The molecule has 102 valence electrons. The standard InChI is InChI=1S/C11H12BrCl3O3/c1-10(2,5(4-12)18-3)11(15)8(16)6(13)7(14)9(11)17/h5H,4H2,1-3H3. The Bertz CT molecular complexity index is 403. The molecule has 7 heteroatoms. The lowest BCUT2D eigenvalue weighted by atomic mass is 9.71. The van der Waals surface area contributed by atoms with Crippen molar-refractivity contribution in [2.75, 3.05) is 12.4 Å². The first kappa shape index (κ1) is 16.4. The predicted molar refractivity (Wildman–Crippen MR) is 75.7 cm³/mol. The Balaban J connectivity index is 3.32. The lowest BCUT2D eigenvalue weighted by Gasteiger charge is -2.41. The lowest BCUT2D eigenvalue weighted by Crippen LogP contribution is -2.56. The van der Waals surface area contributed by atoms with E-state index >= 15 is 0 Å². The van der Waals surface area contributed by atoms with Crippen LogP contribution >= 0.6 is 50.7 Å². The molecule has 0 bridgehead atoms. The van der Waals surface area contributed by atoms with E-state index in [4.69, 9.17) is 39.5 Å². The summed E-state index contributed by atoms with van der Waals surface area (Å²) in [5, 5.41) is -0.204. The number of carbonyl (C=O) groups is 2. The number of halogens is 4. The zero-order chi connectivity index (χ0) is 14.3. The van der Waals surface area contributed by atoms with Crippen molar-refractivity contribution in [1.29, 1.82) is 0 Å². The van der Waals surface area contributed by atoms with Gasteiger partial charge < -0.3 is 4.74 Å². The Morgan fingerprint density at radius 3 is 1.94 bits per heavy atom. The second-order valence-corrected chi connectivity index (χ2v) is 6.52. The van der Waals surface area contributed by atoms with Gasteiger partial charge in [-0.15, -0.1) is 11.6 Å². The number of rotatable bonds is 4. The highest BCUT2D eigenvalue weighted by Gasteiger charge is 2.63. The van der Waals surface area contributed by atoms with E-state index in [0.29, 0.717) is 5.33 Å². The molecule has 0 saturated carbocycles. The van der Waals surface area contributed by atoms with Gasteiger partial charge in [0.2, 0.25) is 11.6 Å². The molecule has 0 aromatic carbocycles. The quantitative estimate of drug-likeness (QED) is 0.557. The molecular weight excluding hydrogens is 366 g/mol. The third-order valence-corrected chi connectivity index (χ3v) is 5.57. The average molecular weight is 378 g/mol. The van der Waals surface area contributed by atoms with Crippen molar-refractivity contribution in [2.24, 2.45) is 5.41 Å². The summed E-state index contributed by atoms with van der Waals surface area (Å²) in [5.74, 6) is -1.34. The molecule has 0 fully saturated rings. The number of hydrogen-bond donors (Lipinski definition) is 0. The van der Waals surface area contributed by atoms with E-state index in [1.54, 1.807) is 13.8 Å². The SMILES string of the molecule is COC(CBr)C(C)(C)C1(Cl)C(=O)C(Cl)=C(Cl)C1=O. The number of carbonyl (C=O) groups excluding carboxylic acids is 2. The van der Waals surface area contributed by atoms with Gasteiger partial charge in [-0.25, -0.2) is 0 Å². The first-order chi connectivity index (χ1) is 8.16.